The largest absolute Gasteiger partial charge is 0.255 e. The summed E-state index contributed by atoms with van der Waals surface area (Å²) in [7, 11) is -0.990. The molecule has 0 heterocycles. The Balaban J connectivity index is 1.67. The van der Waals surface area contributed by atoms with Gasteiger partial charge < -0.3 is 0 Å². The highest BCUT2D eigenvalue weighted by Gasteiger charge is 2.16. The van der Waals surface area contributed by atoms with Gasteiger partial charge in [0.05, 0.1) is 0 Å². The maximum atomic E-state index is 12.0. The molecule has 174 valence electrons. The Morgan fingerprint density at radius 3 is 1.41 bits per heavy atom. The van der Waals surface area contributed by atoms with Crippen LogP contribution in [0.1, 0.15) is 0 Å². The normalized spacial score (nSPS) is 13.0. The average Bonchev–Trinajstić information content (AvgIpc) is 2.94. The lowest BCUT2D eigenvalue weighted by Crippen LogP contribution is -1.90. The van der Waals surface area contributed by atoms with Crippen LogP contribution in [0.15, 0.2) is 120 Å². The van der Waals surface area contributed by atoms with E-state index in [-0.39, 0.29) is 0 Å². The lowest BCUT2D eigenvalue weighted by molar-refractivity contribution is 0.687. The Hall–Kier alpha value is -4.27. The van der Waals surface area contributed by atoms with Crippen LogP contribution in [-0.4, -0.2) is 10.5 Å². The molecule has 8 rings (SSSR count). The minimum Gasteiger partial charge on any atom is -0.255 e. The summed E-state index contributed by atoms with van der Waals surface area (Å²) in [6.07, 6.45) is 1.73. The van der Waals surface area contributed by atoms with Gasteiger partial charge in [-0.2, -0.15) is 0 Å². The molecule has 0 fully saturated rings. The van der Waals surface area contributed by atoms with Crippen molar-refractivity contribution in [2.75, 3.05) is 6.26 Å². The van der Waals surface area contributed by atoms with Crippen LogP contribution in [0.5, 0.6) is 0 Å². The van der Waals surface area contributed by atoms with Gasteiger partial charge in [0.15, 0.2) is 0 Å². The first-order valence-electron chi connectivity index (χ1n) is 12.6. The van der Waals surface area contributed by atoms with Gasteiger partial charge in [-0.1, -0.05) is 91.0 Å². The summed E-state index contributed by atoms with van der Waals surface area (Å²) in [5.41, 5.74) is 2.30. The predicted molar refractivity (Wildman–Crippen MR) is 160 cm³/mol. The number of hydrogen-bond acceptors (Lipinski definition) is 1. The molecular weight excluding hydrogens is 468 g/mol. The molecule has 1 atom stereocenters. The molecule has 0 saturated heterocycles. The van der Waals surface area contributed by atoms with E-state index in [0.29, 0.717) is 0 Å². The van der Waals surface area contributed by atoms with Crippen LogP contribution in [-0.2, 0) is 10.8 Å². The number of benzene rings is 7. The second kappa shape index (κ2) is 7.61. The Labute approximate surface area is 216 Å². The first kappa shape index (κ1) is 20.9. The molecule has 0 aromatic heterocycles. The van der Waals surface area contributed by atoms with Gasteiger partial charge in [-0.15, -0.1) is 0 Å². The van der Waals surface area contributed by atoms with Crippen LogP contribution in [0.25, 0.3) is 75.8 Å². The average molecular weight is 491 g/mol. The van der Waals surface area contributed by atoms with Gasteiger partial charge in [0.25, 0.3) is 0 Å². The van der Waals surface area contributed by atoms with Gasteiger partial charge >= 0.3 is 0 Å². The van der Waals surface area contributed by atoms with Crippen molar-refractivity contribution in [3.8, 4) is 11.1 Å². The Kier molecular flexibility index (Phi) is 4.30. The third kappa shape index (κ3) is 2.94. The molecule has 0 aliphatic rings. The maximum Gasteiger partial charge on any atom is 0.0498 e. The zero-order valence-electron chi connectivity index (χ0n) is 20.3. The molecule has 8 aromatic rings. The molecule has 0 radical (unpaired) electrons. The summed E-state index contributed by atoms with van der Waals surface area (Å²) in [4.78, 5) is 0.850. The fraction of sp³-hybridized carbons (Fsp3) is 0.0286. The van der Waals surface area contributed by atoms with Crippen molar-refractivity contribution < 1.29 is 4.21 Å². The van der Waals surface area contributed by atoms with Crippen molar-refractivity contribution in [3.63, 3.8) is 0 Å². The summed E-state index contributed by atoms with van der Waals surface area (Å²) in [5, 5.41) is 15.4. The van der Waals surface area contributed by atoms with Gasteiger partial charge in [0.2, 0.25) is 0 Å². The van der Waals surface area contributed by atoms with E-state index in [0.717, 1.165) is 10.5 Å². The van der Waals surface area contributed by atoms with Gasteiger partial charge in [0.1, 0.15) is 0 Å². The molecule has 0 bridgehead atoms. The summed E-state index contributed by atoms with van der Waals surface area (Å²) < 4.78 is 12.0. The molecular formula is C35H22OS. The zero-order chi connectivity index (χ0) is 24.7. The quantitative estimate of drug-likeness (QED) is 0.221. The van der Waals surface area contributed by atoms with E-state index in [1.165, 1.54) is 70.2 Å². The molecule has 0 aliphatic heterocycles. The molecule has 1 unspecified atom stereocenters. The van der Waals surface area contributed by atoms with Gasteiger partial charge in [0, 0.05) is 22.0 Å². The summed E-state index contributed by atoms with van der Waals surface area (Å²) in [6.45, 7) is 0. The molecule has 1 nitrogen and oxygen atoms in total. The highest BCUT2D eigenvalue weighted by molar-refractivity contribution is 7.84. The van der Waals surface area contributed by atoms with E-state index in [1.54, 1.807) is 6.26 Å². The number of fused-ring (bicyclic) bond motifs is 2. The second-order valence-electron chi connectivity index (χ2n) is 9.94. The minimum atomic E-state index is -0.990. The molecule has 0 N–H and O–H groups in total. The second-order valence-corrected chi connectivity index (χ2v) is 11.3. The van der Waals surface area contributed by atoms with Crippen molar-refractivity contribution in [1.82, 2.24) is 0 Å². The van der Waals surface area contributed by atoms with E-state index < -0.39 is 10.8 Å². The van der Waals surface area contributed by atoms with E-state index in [2.05, 4.69) is 103 Å². The fourth-order valence-electron chi connectivity index (χ4n) is 6.29. The minimum absolute atomic E-state index is 0.850. The highest BCUT2D eigenvalue weighted by Crippen LogP contribution is 2.44. The Morgan fingerprint density at radius 2 is 0.892 bits per heavy atom. The van der Waals surface area contributed by atoms with Crippen LogP contribution in [0.3, 0.4) is 0 Å². The van der Waals surface area contributed by atoms with Crippen LogP contribution >= 0.6 is 0 Å². The Morgan fingerprint density at radius 1 is 0.432 bits per heavy atom. The lowest BCUT2D eigenvalue weighted by Gasteiger charge is -2.17. The molecule has 37 heavy (non-hydrogen) atoms. The van der Waals surface area contributed by atoms with E-state index in [9.17, 15) is 4.21 Å². The smallest absolute Gasteiger partial charge is 0.0498 e. The third-order valence-corrected chi connectivity index (χ3v) is 8.88. The summed E-state index contributed by atoms with van der Waals surface area (Å²) in [5.74, 6) is 0. The van der Waals surface area contributed by atoms with Gasteiger partial charge in [-0.3, -0.25) is 4.21 Å². The van der Waals surface area contributed by atoms with Gasteiger partial charge in [-0.25, -0.2) is 0 Å². The van der Waals surface area contributed by atoms with E-state index in [4.69, 9.17) is 0 Å². The predicted octanol–water partition coefficient (Wildman–Crippen LogP) is 9.45. The van der Waals surface area contributed by atoms with Crippen LogP contribution in [0.2, 0.25) is 0 Å². The fourth-order valence-corrected chi connectivity index (χ4v) is 6.81. The van der Waals surface area contributed by atoms with E-state index in [1.807, 2.05) is 12.1 Å². The molecule has 0 aliphatic carbocycles. The van der Waals surface area contributed by atoms with Crippen LogP contribution < -0.4 is 0 Å². The maximum absolute atomic E-state index is 12.0. The zero-order valence-corrected chi connectivity index (χ0v) is 21.1. The van der Waals surface area contributed by atoms with Crippen molar-refractivity contribution in [3.05, 3.63) is 115 Å². The van der Waals surface area contributed by atoms with Crippen molar-refractivity contribution in [2.24, 2.45) is 0 Å². The number of hydrogen-bond donors (Lipinski definition) is 0. The molecule has 2 heteroatoms. The van der Waals surface area contributed by atoms with Crippen molar-refractivity contribution in [1.29, 1.82) is 0 Å². The first-order chi connectivity index (χ1) is 18.2. The Bertz CT molecular complexity index is 2200. The summed E-state index contributed by atoms with van der Waals surface area (Å²) in [6, 6.07) is 41.9. The van der Waals surface area contributed by atoms with E-state index >= 15 is 0 Å². The topological polar surface area (TPSA) is 17.1 Å². The highest BCUT2D eigenvalue weighted by atomic mass is 32.2. The molecule has 8 aromatic carbocycles. The first-order valence-corrected chi connectivity index (χ1v) is 14.1. The SMILES string of the molecule is CS(=O)c1ccc(-c2cc3ccc4cccc5c6cccc7ccc8cccc(c(c2)c3c45)c8c76)cc1. The van der Waals surface area contributed by atoms with Crippen molar-refractivity contribution in [2.45, 2.75) is 4.90 Å². The van der Waals surface area contributed by atoms with Crippen LogP contribution in [0.4, 0.5) is 0 Å². The molecule has 0 spiro atoms. The standard InChI is InChI=1S/C35H22OS/c1-37(36)27-17-15-21(16-18-27)26-19-25-14-13-24-6-3-9-29-28-8-2-5-22-11-12-23-7-4-10-30(34(23)32(22)28)31(20-26)35(25)33(24)29/h2-20H,1H3. The van der Waals surface area contributed by atoms with Crippen LogP contribution in [0, 0.1) is 0 Å². The monoisotopic (exact) mass is 490 g/mol. The van der Waals surface area contributed by atoms with Crippen molar-refractivity contribution >= 4 is 75.4 Å². The lowest BCUT2D eigenvalue weighted by atomic mass is 9.86. The number of rotatable bonds is 2. The molecule has 0 amide bonds. The third-order valence-electron chi connectivity index (χ3n) is 7.94. The van der Waals surface area contributed by atoms with Gasteiger partial charge in [-0.05, 0) is 100 Å². The molecule has 0 saturated carbocycles. The summed E-state index contributed by atoms with van der Waals surface area (Å²) >= 11 is 0.